The highest BCUT2D eigenvalue weighted by molar-refractivity contribution is 9.10. The normalized spacial score (nSPS) is 13.2. The Morgan fingerprint density at radius 2 is 1.70 bits per heavy atom. The second-order valence-electron chi connectivity index (χ2n) is 4.32. The van der Waals surface area contributed by atoms with Crippen LogP contribution in [0.4, 0.5) is 4.39 Å². The van der Waals surface area contributed by atoms with E-state index in [0.29, 0.717) is 0 Å². The molecule has 0 saturated heterocycles. The van der Waals surface area contributed by atoms with Crippen molar-refractivity contribution in [3.05, 3.63) is 64.4 Å². The van der Waals surface area contributed by atoms with E-state index in [1.807, 2.05) is 12.1 Å². The Morgan fingerprint density at radius 3 is 2.30 bits per heavy atom. The molecule has 0 unspecified atom stereocenters. The van der Waals surface area contributed by atoms with Crippen molar-refractivity contribution in [3.8, 4) is 0 Å². The molecule has 0 aliphatic rings. The number of halogens is 2. The molecule has 0 aromatic heterocycles. The predicted octanol–water partition coefficient (Wildman–Crippen LogP) is 3.63. The number of nitrogens with one attached hydrogen (secondary N) is 1. The molecular formula is C14H13BrFNO2S. The van der Waals surface area contributed by atoms with E-state index in [0.717, 1.165) is 16.1 Å². The van der Waals surface area contributed by atoms with Crippen molar-refractivity contribution in [1.82, 2.24) is 4.72 Å². The second kappa shape index (κ2) is 6.03. The molecule has 106 valence electrons. The number of hydrogen-bond acceptors (Lipinski definition) is 2. The summed E-state index contributed by atoms with van der Waals surface area (Å²) in [4.78, 5) is -0.344. The number of hydrogen-bond donors (Lipinski definition) is 1. The molecule has 2 aromatic rings. The van der Waals surface area contributed by atoms with Crippen LogP contribution in [0.25, 0.3) is 0 Å². The first-order chi connectivity index (χ1) is 9.40. The van der Waals surface area contributed by atoms with Crippen molar-refractivity contribution in [2.75, 3.05) is 0 Å². The van der Waals surface area contributed by atoms with E-state index < -0.39 is 21.9 Å². The summed E-state index contributed by atoms with van der Waals surface area (Å²) in [6, 6.07) is 12.1. The third kappa shape index (κ3) is 3.45. The van der Waals surface area contributed by atoms with Gasteiger partial charge < -0.3 is 0 Å². The molecule has 0 heterocycles. The summed E-state index contributed by atoms with van der Waals surface area (Å²) in [5.41, 5.74) is 0.799. The minimum Gasteiger partial charge on any atom is -0.207 e. The van der Waals surface area contributed by atoms with Crippen molar-refractivity contribution in [2.24, 2.45) is 0 Å². The van der Waals surface area contributed by atoms with E-state index in [9.17, 15) is 12.8 Å². The molecule has 0 spiro atoms. The van der Waals surface area contributed by atoms with Crippen LogP contribution in [0.15, 0.2) is 57.9 Å². The van der Waals surface area contributed by atoms with Gasteiger partial charge in [-0.2, -0.15) is 0 Å². The summed E-state index contributed by atoms with van der Waals surface area (Å²) in [6.45, 7) is 1.71. The molecule has 3 nitrogen and oxygen atoms in total. The maximum atomic E-state index is 13.6. The van der Waals surface area contributed by atoms with Gasteiger partial charge in [-0.15, -0.1) is 0 Å². The Bertz CT molecular complexity index is 701. The second-order valence-corrected chi connectivity index (χ2v) is 6.92. The Balaban J connectivity index is 2.24. The summed E-state index contributed by atoms with van der Waals surface area (Å²) in [7, 11) is -3.89. The Hall–Kier alpha value is -1.24. The van der Waals surface area contributed by atoms with Gasteiger partial charge >= 0.3 is 0 Å². The Labute approximate surface area is 126 Å². The fourth-order valence-corrected chi connectivity index (χ4v) is 3.35. The van der Waals surface area contributed by atoms with Crippen LogP contribution >= 0.6 is 15.9 Å². The van der Waals surface area contributed by atoms with Crippen molar-refractivity contribution in [2.45, 2.75) is 17.9 Å². The lowest BCUT2D eigenvalue weighted by Crippen LogP contribution is -2.27. The van der Waals surface area contributed by atoms with E-state index in [1.54, 1.807) is 19.1 Å². The lowest BCUT2D eigenvalue weighted by Gasteiger charge is -2.15. The van der Waals surface area contributed by atoms with Crippen LogP contribution < -0.4 is 4.72 Å². The molecule has 0 aliphatic carbocycles. The third-order valence-corrected chi connectivity index (χ3v) is 4.93. The standard InChI is InChI=1S/C14H13BrFNO2S/c1-10(11-6-8-12(15)9-7-11)17-20(18,19)14-5-3-2-4-13(14)16/h2-10,17H,1H3/t10-/m1/s1. The minimum atomic E-state index is -3.89. The zero-order valence-electron chi connectivity index (χ0n) is 10.7. The number of benzene rings is 2. The first kappa shape index (κ1) is 15.2. The first-order valence-corrected chi connectivity index (χ1v) is 8.20. The van der Waals surface area contributed by atoms with Gasteiger partial charge in [-0.3, -0.25) is 0 Å². The maximum absolute atomic E-state index is 13.6. The molecule has 0 aliphatic heterocycles. The predicted molar refractivity (Wildman–Crippen MR) is 79.3 cm³/mol. The Kier molecular flexibility index (Phi) is 4.57. The van der Waals surface area contributed by atoms with E-state index in [2.05, 4.69) is 20.7 Å². The molecule has 1 N–H and O–H groups in total. The first-order valence-electron chi connectivity index (χ1n) is 5.92. The van der Waals surface area contributed by atoms with Gasteiger partial charge in [0.15, 0.2) is 0 Å². The van der Waals surface area contributed by atoms with Gasteiger partial charge in [-0.05, 0) is 36.8 Å². The minimum absolute atomic E-state index is 0.344. The van der Waals surface area contributed by atoms with Crippen LogP contribution in [0, 0.1) is 5.82 Å². The highest BCUT2D eigenvalue weighted by Gasteiger charge is 2.21. The molecule has 2 rings (SSSR count). The Morgan fingerprint density at radius 1 is 1.10 bits per heavy atom. The highest BCUT2D eigenvalue weighted by atomic mass is 79.9. The van der Waals surface area contributed by atoms with E-state index >= 15 is 0 Å². The molecule has 0 bridgehead atoms. The van der Waals surface area contributed by atoms with Crippen LogP contribution in [0.5, 0.6) is 0 Å². The largest absolute Gasteiger partial charge is 0.244 e. The summed E-state index contributed by atoms with van der Waals surface area (Å²) in [5, 5.41) is 0. The number of sulfonamides is 1. The highest BCUT2D eigenvalue weighted by Crippen LogP contribution is 2.20. The average Bonchev–Trinajstić information content (AvgIpc) is 2.39. The van der Waals surface area contributed by atoms with E-state index in [-0.39, 0.29) is 4.90 Å². The molecule has 0 radical (unpaired) electrons. The van der Waals surface area contributed by atoms with Crippen molar-refractivity contribution in [1.29, 1.82) is 0 Å². The van der Waals surface area contributed by atoms with Gasteiger partial charge in [-0.1, -0.05) is 40.2 Å². The molecule has 2 aromatic carbocycles. The molecule has 20 heavy (non-hydrogen) atoms. The molecule has 0 saturated carbocycles. The van der Waals surface area contributed by atoms with Crippen LogP contribution in [-0.2, 0) is 10.0 Å². The fourth-order valence-electron chi connectivity index (χ4n) is 1.78. The number of rotatable bonds is 4. The lowest BCUT2D eigenvalue weighted by molar-refractivity contribution is 0.547. The van der Waals surface area contributed by atoms with Gasteiger partial charge in [0, 0.05) is 10.5 Å². The fraction of sp³-hybridized carbons (Fsp3) is 0.143. The van der Waals surface area contributed by atoms with Crippen LogP contribution in [0.1, 0.15) is 18.5 Å². The van der Waals surface area contributed by atoms with E-state index in [1.165, 1.54) is 18.2 Å². The quantitative estimate of drug-likeness (QED) is 0.907. The molecule has 0 fully saturated rings. The van der Waals surface area contributed by atoms with Crippen molar-refractivity contribution >= 4 is 26.0 Å². The maximum Gasteiger partial charge on any atom is 0.244 e. The van der Waals surface area contributed by atoms with Gasteiger partial charge in [0.1, 0.15) is 10.7 Å². The molecule has 6 heteroatoms. The summed E-state index contributed by atoms with van der Waals surface area (Å²) in [6.07, 6.45) is 0. The SMILES string of the molecule is C[C@@H](NS(=O)(=O)c1ccccc1F)c1ccc(Br)cc1. The van der Waals surface area contributed by atoms with Crippen LogP contribution in [0.3, 0.4) is 0 Å². The molecule has 1 atom stereocenters. The van der Waals surface area contributed by atoms with Gasteiger partial charge in [0.25, 0.3) is 0 Å². The van der Waals surface area contributed by atoms with Crippen molar-refractivity contribution in [3.63, 3.8) is 0 Å². The van der Waals surface area contributed by atoms with Gasteiger partial charge in [0.05, 0.1) is 0 Å². The lowest BCUT2D eigenvalue weighted by atomic mass is 10.1. The average molecular weight is 358 g/mol. The van der Waals surface area contributed by atoms with E-state index in [4.69, 9.17) is 0 Å². The van der Waals surface area contributed by atoms with Crippen molar-refractivity contribution < 1.29 is 12.8 Å². The summed E-state index contributed by atoms with van der Waals surface area (Å²) < 4.78 is 41.2. The summed E-state index contributed by atoms with van der Waals surface area (Å²) in [5.74, 6) is -0.761. The zero-order valence-corrected chi connectivity index (χ0v) is 13.1. The smallest absolute Gasteiger partial charge is 0.207 e. The van der Waals surface area contributed by atoms with Gasteiger partial charge in [-0.25, -0.2) is 17.5 Å². The monoisotopic (exact) mass is 357 g/mol. The zero-order chi connectivity index (χ0) is 14.8. The topological polar surface area (TPSA) is 46.2 Å². The third-order valence-electron chi connectivity index (χ3n) is 2.83. The van der Waals surface area contributed by atoms with Crippen LogP contribution in [0.2, 0.25) is 0 Å². The molecule has 0 amide bonds. The molecular weight excluding hydrogens is 345 g/mol. The van der Waals surface area contributed by atoms with Crippen LogP contribution in [-0.4, -0.2) is 8.42 Å². The van der Waals surface area contributed by atoms with Gasteiger partial charge in [0.2, 0.25) is 10.0 Å². The summed E-state index contributed by atoms with van der Waals surface area (Å²) >= 11 is 3.31.